The molecule has 0 radical (unpaired) electrons. The number of thioether (sulfide) groups is 1. The molecule has 0 heterocycles. The topological polar surface area (TPSA) is 158 Å². The second-order valence-corrected chi connectivity index (χ2v) is 8.05. The van der Waals surface area contributed by atoms with Crippen molar-refractivity contribution in [2.75, 3.05) is 11.5 Å². The number of carboxylic acids is 2. The normalized spacial score (nSPS) is 12.8. The summed E-state index contributed by atoms with van der Waals surface area (Å²) in [4.78, 5) is 33.1. The van der Waals surface area contributed by atoms with Crippen LogP contribution >= 0.6 is 11.8 Å². The van der Waals surface area contributed by atoms with Crippen LogP contribution in [0.5, 0.6) is 0 Å². The van der Waals surface area contributed by atoms with E-state index < -0.39 is 51.1 Å². The molecule has 1 unspecified atom stereocenters. The minimum atomic E-state index is -4.39. The molecule has 0 spiro atoms. The van der Waals surface area contributed by atoms with E-state index in [1.165, 1.54) is 13.8 Å². The summed E-state index contributed by atoms with van der Waals surface area (Å²) in [5, 5.41) is 16.4. The first-order chi connectivity index (χ1) is 10.3. The van der Waals surface area contributed by atoms with Gasteiger partial charge in [0.05, 0.1) is 16.5 Å². The summed E-state index contributed by atoms with van der Waals surface area (Å²) in [6, 6.07) is 0. The Balaban J connectivity index is 0. The van der Waals surface area contributed by atoms with Gasteiger partial charge in [0, 0.05) is 17.9 Å². The van der Waals surface area contributed by atoms with Crippen molar-refractivity contribution < 1.29 is 93.7 Å². The van der Waals surface area contributed by atoms with Gasteiger partial charge in [0.15, 0.2) is 0 Å². The van der Waals surface area contributed by atoms with E-state index in [0.29, 0.717) is 0 Å². The summed E-state index contributed by atoms with van der Waals surface area (Å²) < 4.78 is 36.3. The number of rotatable bonds is 11. The van der Waals surface area contributed by atoms with Crippen LogP contribution in [0.4, 0.5) is 0 Å². The molecule has 0 aliphatic carbocycles. The Hall–Kier alpha value is 0.306. The third-order valence-corrected chi connectivity index (χ3v) is 4.85. The standard InChI is InChI=1S/C12H20O9S2.K/c1-12(2,7-22-8(11(16)17)6-9(13)14)21-10(15)4-3-5-23(18,19)20;/h8H,3-7H2,1-2H3,(H,13,14)(H,16,17)(H,18,19,20);/q;+1/p-1. The van der Waals surface area contributed by atoms with Gasteiger partial charge in [-0.1, -0.05) is 0 Å². The predicted octanol–water partition coefficient (Wildman–Crippen LogP) is -2.70. The first-order valence-corrected chi connectivity index (χ1v) is 9.16. The maximum absolute atomic E-state index is 11.6. The van der Waals surface area contributed by atoms with Crippen molar-refractivity contribution in [1.82, 2.24) is 0 Å². The molecule has 2 N–H and O–H groups in total. The molecule has 24 heavy (non-hydrogen) atoms. The van der Waals surface area contributed by atoms with Crippen LogP contribution in [0.1, 0.15) is 33.1 Å². The number of carbonyl (C=O) groups is 3. The maximum Gasteiger partial charge on any atom is 1.00 e. The van der Waals surface area contributed by atoms with Crippen LogP contribution in [0, 0.1) is 0 Å². The SMILES string of the molecule is CC(C)(CSC(CC(=O)O)C(=O)O)OC(=O)CCCS(=O)(=O)[O-].[K+]. The number of aliphatic carboxylic acids is 2. The van der Waals surface area contributed by atoms with Gasteiger partial charge in [-0.3, -0.25) is 14.4 Å². The summed E-state index contributed by atoms with van der Waals surface area (Å²) in [5.74, 6) is -3.87. The zero-order valence-corrected chi connectivity index (χ0v) is 18.4. The summed E-state index contributed by atoms with van der Waals surface area (Å²) in [6.45, 7) is 3.03. The third kappa shape index (κ3) is 14.6. The van der Waals surface area contributed by atoms with Gasteiger partial charge < -0.3 is 19.5 Å². The number of hydrogen-bond donors (Lipinski definition) is 2. The summed E-state index contributed by atoms with van der Waals surface area (Å²) in [5.41, 5.74) is -1.07. The molecule has 0 fully saturated rings. The smallest absolute Gasteiger partial charge is 0.748 e. The number of carbonyl (C=O) groups excluding carboxylic acids is 1. The second kappa shape index (κ2) is 11.8. The zero-order valence-electron chi connectivity index (χ0n) is 13.7. The van der Waals surface area contributed by atoms with Gasteiger partial charge in [0.1, 0.15) is 10.9 Å². The van der Waals surface area contributed by atoms with Crippen LogP contribution in [-0.2, 0) is 29.2 Å². The van der Waals surface area contributed by atoms with Crippen molar-refractivity contribution in [3.05, 3.63) is 0 Å². The van der Waals surface area contributed by atoms with Gasteiger partial charge >= 0.3 is 69.3 Å². The van der Waals surface area contributed by atoms with Crippen molar-refractivity contribution in [1.29, 1.82) is 0 Å². The fourth-order valence-corrected chi connectivity index (χ4v) is 3.02. The molecular weight excluding hydrogens is 391 g/mol. The van der Waals surface area contributed by atoms with Crippen molar-refractivity contribution in [2.45, 2.75) is 44.0 Å². The number of ether oxygens (including phenoxy) is 1. The molecule has 134 valence electrons. The van der Waals surface area contributed by atoms with Gasteiger partial charge in [0.25, 0.3) is 0 Å². The molecule has 9 nitrogen and oxygen atoms in total. The van der Waals surface area contributed by atoms with Gasteiger partial charge in [-0.2, -0.15) is 0 Å². The van der Waals surface area contributed by atoms with Crippen LogP contribution < -0.4 is 51.4 Å². The first-order valence-electron chi connectivity index (χ1n) is 6.54. The van der Waals surface area contributed by atoms with Gasteiger partial charge in [-0.05, 0) is 20.3 Å². The Kier molecular flexibility index (Phi) is 13.1. The van der Waals surface area contributed by atoms with Gasteiger partial charge in [-0.25, -0.2) is 8.42 Å². The Bertz CT molecular complexity index is 545. The van der Waals surface area contributed by atoms with Crippen molar-refractivity contribution in [2.24, 2.45) is 0 Å². The van der Waals surface area contributed by atoms with E-state index in [0.717, 1.165) is 11.8 Å². The summed E-state index contributed by atoms with van der Waals surface area (Å²) >= 11 is 0.832. The van der Waals surface area contributed by atoms with Crippen molar-refractivity contribution in [3.8, 4) is 0 Å². The molecule has 0 aromatic rings. The summed E-state index contributed by atoms with van der Waals surface area (Å²) in [7, 11) is -4.39. The van der Waals surface area contributed by atoms with E-state index >= 15 is 0 Å². The Morgan fingerprint density at radius 3 is 2.21 bits per heavy atom. The minimum absolute atomic E-state index is 0. The van der Waals surface area contributed by atoms with E-state index in [9.17, 15) is 27.4 Å². The molecule has 12 heteroatoms. The Labute approximate surface area is 187 Å². The predicted molar refractivity (Wildman–Crippen MR) is 80.1 cm³/mol. The molecule has 0 amide bonds. The van der Waals surface area contributed by atoms with Crippen LogP contribution in [0.15, 0.2) is 0 Å². The molecule has 1 atom stereocenters. The molecule has 0 bridgehead atoms. The van der Waals surface area contributed by atoms with Crippen LogP contribution in [-0.4, -0.2) is 63.4 Å². The maximum atomic E-state index is 11.6. The van der Waals surface area contributed by atoms with Gasteiger partial charge in [0.2, 0.25) is 0 Å². The molecule has 0 aromatic carbocycles. The fraction of sp³-hybridized carbons (Fsp3) is 0.750. The minimum Gasteiger partial charge on any atom is -0.748 e. The third-order valence-electron chi connectivity index (χ3n) is 2.43. The zero-order chi connectivity index (χ0) is 18.3. The average molecular weight is 411 g/mol. The molecule has 0 saturated heterocycles. The monoisotopic (exact) mass is 410 g/mol. The average Bonchev–Trinajstić information content (AvgIpc) is 2.31. The first kappa shape index (κ1) is 26.5. The Morgan fingerprint density at radius 1 is 1.25 bits per heavy atom. The molecule has 0 aromatic heterocycles. The number of esters is 1. The van der Waals surface area contributed by atoms with E-state index in [-0.39, 0.29) is 70.0 Å². The molecule has 0 aliphatic heterocycles. The van der Waals surface area contributed by atoms with Crippen LogP contribution in [0.2, 0.25) is 0 Å². The van der Waals surface area contributed by atoms with E-state index in [1.54, 1.807) is 0 Å². The fourth-order valence-electron chi connectivity index (χ4n) is 1.46. The van der Waals surface area contributed by atoms with E-state index in [1.807, 2.05) is 0 Å². The van der Waals surface area contributed by atoms with E-state index in [4.69, 9.17) is 14.9 Å². The largest absolute Gasteiger partial charge is 1.00 e. The van der Waals surface area contributed by atoms with Crippen molar-refractivity contribution >= 4 is 39.8 Å². The van der Waals surface area contributed by atoms with Crippen molar-refractivity contribution in [3.63, 3.8) is 0 Å². The molecule has 0 aliphatic rings. The van der Waals surface area contributed by atoms with Crippen LogP contribution in [0.3, 0.4) is 0 Å². The quantitative estimate of drug-likeness (QED) is 0.208. The molecule has 0 saturated carbocycles. The van der Waals surface area contributed by atoms with Gasteiger partial charge in [-0.15, -0.1) is 11.8 Å². The Morgan fingerprint density at radius 2 is 1.79 bits per heavy atom. The molecular formula is C12H19KO9S2. The number of carboxylic acid groups (broad SMARTS) is 2. The summed E-state index contributed by atoms with van der Waals surface area (Å²) in [6.07, 6.45) is -0.983. The second-order valence-electron chi connectivity index (χ2n) is 5.33. The number of hydrogen-bond acceptors (Lipinski definition) is 8. The van der Waals surface area contributed by atoms with Crippen LogP contribution in [0.25, 0.3) is 0 Å². The molecule has 0 rings (SSSR count). The van der Waals surface area contributed by atoms with E-state index in [2.05, 4.69) is 0 Å².